The lowest BCUT2D eigenvalue weighted by Crippen LogP contribution is -2.37. The van der Waals surface area contributed by atoms with Crippen molar-refractivity contribution in [2.24, 2.45) is 16.6 Å². The zero-order chi connectivity index (χ0) is 18.9. The van der Waals surface area contributed by atoms with Crippen molar-refractivity contribution in [2.75, 3.05) is 13.2 Å². The largest absolute Gasteiger partial charge is 0.490 e. The quantitative estimate of drug-likeness (QED) is 0.519. The maximum Gasteiger partial charge on any atom is 0.224 e. The molecule has 1 aromatic heterocycles. The number of nitrogens with zero attached hydrogens (tertiary/aromatic N) is 2. The molecule has 0 atom stereocenters. The van der Waals surface area contributed by atoms with Gasteiger partial charge in [0.2, 0.25) is 5.88 Å². The normalized spacial score (nSPS) is 14.5. The van der Waals surface area contributed by atoms with E-state index in [1.165, 1.54) is 19.3 Å². The third kappa shape index (κ3) is 5.61. The molecule has 0 saturated heterocycles. The zero-order valence-electron chi connectivity index (χ0n) is 15.9. The van der Waals surface area contributed by atoms with Gasteiger partial charge >= 0.3 is 0 Å². The maximum absolute atomic E-state index is 6.03. The van der Waals surface area contributed by atoms with E-state index in [9.17, 15) is 0 Å². The van der Waals surface area contributed by atoms with Crippen LogP contribution in [0.1, 0.15) is 38.2 Å². The molecule has 6 nitrogen and oxygen atoms in total. The van der Waals surface area contributed by atoms with Crippen LogP contribution in [0.4, 0.5) is 0 Å². The summed E-state index contributed by atoms with van der Waals surface area (Å²) in [4.78, 5) is 8.79. The fourth-order valence-corrected chi connectivity index (χ4v) is 2.78. The minimum absolute atomic E-state index is 0.407. The average Bonchev–Trinajstić information content (AvgIpc) is 2.65. The highest BCUT2D eigenvalue weighted by Gasteiger charge is 2.17. The Morgan fingerprint density at radius 1 is 1.22 bits per heavy atom. The Morgan fingerprint density at radius 2 is 2.04 bits per heavy atom. The van der Waals surface area contributed by atoms with E-state index in [1.807, 2.05) is 36.4 Å². The molecule has 3 N–H and O–H groups in total. The fraction of sp³-hybridized carbons (Fsp3) is 0.429. The van der Waals surface area contributed by atoms with E-state index >= 15 is 0 Å². The number of benzene rings is 1. The third-order valence-corrected chi connectivity index (χ3v) is 4.58. The number of aromatic nitrogens is 1. The summed E-state index contributed by atoms with van der Waals surface area (Å²) in [5.74, 6) is 3.06. The van der Waals surface area contributed by atoms with Crippen molar-refractivity contribution < 1.29 is 9.47 Å². The summed E-state index contributed by atoms with van der Waals surface area (Å²) >= 11 is 0. The summed E-state index contributed by atoms with van der Waals surface area (Å²) in [6, 6.07) is 11.4. The molecule has 2 aromatic rings. The predicted octanol–water partition coefficient (Wildman–Crippen LogP) is 3.87. The van der Waals surface area contributed by atoms with Crippen LogP contribution < -0.4 is 20.5 Å². The number of hydrogen-bond acceptors (Lipinski definition) is 4. The van der Waals surface area contributed by atoms with Crippen LogP contribution in [-0.2, 0) is 6.54 Å². The number of nitrogens with two attached hydrogens (primary N) is 1. The van der Waals surface area contributed by atoms with Gasteiger partial charge in [-0.15, -0.1) is 0 Å². The van der Waals surface area contributed by atoms with Gasteiger partial charge in [0, 0.05) is 18.3 Å². The van der Waals surface area contributed by atoms with Crippen molar-refractivity contribution in [3.63, 3.8) is 0 Å². The Kier molecular flexibility index (Phi) is 6.90. The van der Waals surface area contributed by atoms with E-state index in [4.69, 9.17) is 15.2 Å². The molecule has 1 fully saturated rings. The molecule has 1 aromatic carbocycles. The number of rotatable bonds is 9. The molecule has 3 rings (SSSR count). The predicted molar refractivity (Wildman–Crippen MR) is 107 cm³/mol. The van der Waals surface area contributed by atoms with Crippen molar-refractivity contribution in [3.8, 4) is 17.4 Å². The number of guanidine groups is 1. The molecule has 0 unspecified atom stereocenters. The van der Waals surface area contributed by atoms with E-state index in [0.717, 1.165) is 24.4 Å². The highest BCUT2D eigenvalue weighted by molar-refractivity contribution is 5.77. The summed E-state index contributed by atoms with van der Waals surface area (Å²) in [6.07, 6.45) is 6.52. The Morgan fingerprint density at radius 3 is 2.78 bits per heavy atom. The van der Waals surface area contributed by atoms with Gasteiger partial charge in [-0.05, 0) is 43.4 Å². The number of ether oxygens (including phenoxy) is 2. The maximum atomic E-state index is 6.03. The molecule has 144 valence electrons. The van der Waals surface area contributed by atoms with Crippen LogP contribution in [0.2, 0.25) is 0 Å². The van der Waals surface area contributed by atoms with Gasteiger partial charge in [-0.25, -0.2) is 9.98 Å². The molecule has 0 amide bonds. The minimum atomic E-state index is 0.407. The van der Waals surface area contributed by atoms with E-state index in [2.05, 4.69) is 22.2 Å². The van der Waals surface area contributed by atoms with Crippen molar-refractivity contribution in [3.05, 3.63) is 48.2 Å². The number of hydrogen-bond donors (Lipinski definition) is 2. The first-order chi connectivity index (χ1) is 13.3. The second kappa shape index (κ2) is 9.80. The molecule has 1 heterocycles. The van der Waals surface area contributed by atoms with Gasteiger partial charge in [-0.2, -0.15) is 0 Å². The van der Waals surface area contributed by atoms with Crippen molar-refractivity contribution in [1.82, 2.24) is 10.3 Å². The minimum Gasteiger partial charge on any atom is -0.490 e. The smallest absolute Gasteiger partial charge is 0.224 e. The lowest BCUT2D eigenvalue weighted by Gasteiger charge is -2.25. The highest BCUT2D eigenvalue weighted by Crippen LogP contribution is 2.32. The average molecular weight is 368 g/mol. The summed E-state index contributed by atoms with van der Waals surface area (Å²) in [6.45, 7) is 4.02. The van der Waals surface area contributed by atoms with Crippen LogP contribution in [0.5, 0.6) is 17.4 Å². The second-order valence-corrected chi connectivity index (χ2v) is 6.74. The van der Waals surface area contributed by atoms with Crippen molar-refractivity contribution in [2.45, 2.75) is 39.2 Å². The van der Waals surface area contributed by atoms with Gasteiger partial charge in [0.1, 0.15) is 0 Å². The molecular formula is C21H28N4O2. The highest BCUT2D eigenvalue weighted by atomic mass is 16.5. The monoisotopic (exact) mass is 368 g/mol. The fourth-order valence-electron chi connectivity index (χ4n) is 2.78. The molecule has 1 aliphatic rings. The van der Waals surface area contributed by atoms with Crippen LogP contribution in [0, 0.1) is 5.92 Å². The van der Waals surface area contributed by atoms with Crippen LogP contribution in [0.3, 0.4) is 0 Å². The Bertz CT molecular complexity index is 759. The van der Waals surface area contributed by atoms with Crippen LogP contribution in [0.15, 0.2) is 47.6 Å². The molecule has 1 saturated carbocycles. The number of nitrogens with one attached hydrogen (secondary N) is 1. The topological polar surface area (TPSA) is 81.8 Å². The Hall–Kier alpha value is -2.76. The summed E-state index contributed by atoms with van der Waals surface area (Å²) in [5.41, 5.74) is 6.86. The SMILES string of the molecule is CCCOc1ccccc1Oc1ncccc1CN=C(N)NCC1CCC1. The molecular weight excluding hydrogens is 340 g/mol. The molecule has 0 bridgehead atoms. The van der Waals surface area contributed by atoms with Crippen LogP contribution >= 0.6 is 0 Å². The van der Waals surface area contributed by atoms with E-state index in [0.29, 0.717) is 36.5 Å². The van der Waals surface area contributed by atoms with Gasteiger partial charge < -0.3 is 20.5 Å². The zero-order valence-corrected chi connectivity index (χ0v) is 15.9. The van der Waals surface area contributed by atoms with Crippen molar-refractivity contribution >= 4 is 5.96 Å². The number of pyridine rings is 1. The van der Waals surface area contributed by atoms with E-state index in [-0.39, 0.29) is 0 Å². The molecule has 27 heavy (non-hydrogen) atoms. The number of aliphatic imine (C=N–C) groups is 1. The first-order valence-electron chi connectivity index (χ1n) is 9.63. The molecule has 0 aliphatic heterocycles. The van der Waals surface area contributed by atoms with Crippen LogP contribution in [0.25, 0.3) is 0 Å². The molecule has 0 radical (unpaired) electrons. The van der Waals surface area contributed by atoms with Gasteiger partial charge in [0.05, 0.1) is 13.2 Å². The lowest BCUT2D eigenvalue weighted by atomic mass is 9.85. The Labute approximate surface area is 160 Å². The summed E-state index contributed by atoms with van der Waals surface area (Å²) in [5, 5.41) is 3.20. The van der Waals surface area contributed by atoms with Crippen molar-refractivity contribution in [1.29, 1.82) is 0 Å². The second-order valence-electron chi connectivity index (χ2n) is 6.74. The number of para-hydroxylation sites is 2. The third-order valence-electron chi connectivity index (χ3n) is 4.58. The summed E-state index contributed by atoms with van der Waals surface area (Å²) in [7, 11) is 0. The van der Waals surface area contributed by atoms with Gasteiger partial charge in [0.25, 0.3) is 0 Å². The van der Waals surface area contributed by atoms with Gasteiger partial charge in [-0.1, -0.05) is 31.5 Å². The first-order valence-corrected chi connectivity index (χ1v) is 9.63. The van der Waals surface area contributed by atoms with E-state index in [1.54, 1.807) is 6.20 Å². The van der Waals surface area contributed by atoms with E-state index < -0.39 is 0 Å². The first kappa shape index (κ1) is 19.0. The molecule has 0 spiro atoms. The van der Waals surface area contributed by atoms with Crippen LogP contribution in [-0.4, -0.2) is 24.1 Å². The molecule has 1 aliphatic carbocycles. The Balaban J connectivity index is 1.65. The standard InChI is InChI=1S/C21H28N4O2/c1-2-13-26-18-10-3-4-11-19(18)27-20-17(9-6-12-23-20)15-25-21(22)24-14-16-7-5-8-16/h3-4,6,9-12,16H,2,5,7-8,13-15H2,1H3,(H3,22,24,25). The van der Waals surface area contributed by atoms with Gasteiger partial charge in [-0.3, -0.25) is 0 Å². The molecule has 6 heteroatoms. The van der Waals surface area contributed by atoms with Gasteiger partial charge in [0.15, 0.2) is 17.5 Å². The lowest BCUT2D eigenvalue weighted by molar-refractivity contribution is 0.300. The summed E-state index contributed by atoms with van der Waals surface area (Å²) < 4.78 is 11.8.